The number of hydrogen-bond acceptors (Lipinski definition) is 5. The van der Waals surface area contributed by atoms with E-state index in [-0.39, 0.29) is 5.91 Å². The first-order valence-corrected chi connectivity index (χ1v) is 8.80. The van der Waals surface area contributed by atoms with Crippen molar-refractivity contribution < 1.29 is 14.3 Å². The smallest absolute Gasteiger partial charge is 0.337 e. The first-order valence-electron chi connectivity index (χ1n) is 8.80. The van der Waals surface area contributed by atoms with E-state index in [2.05, 4.69) is 39.4 Å². The highest BCUT2D eigenvalue weighted by Gasteiger charge is 2.09. The molecule has 0 aliphatic carbocycles. The molecule has 0 radical (unpaired) electrons. The minimum absolute atomic E-state index is 0.274. The minimum atomic E-state index is -0.421. The molecule has 0 saturated heterocycles. The Labute approximate surface area is 163 Å². The van der Waals surface area contributed by atoms with Crippen molar-refractivity contribution in [1.82, 2.24) is 4.98 Å². The summed E-state index contributed by atoms with van der Waals surface area (Å²) in [4.78, 5) is 28.1. The first-order chi connectivity index (χ1) is 13.5. The third kappa shape index (κ3) is 4.94. The van der Waals surface area contributed by atoms with E-state index in [1.165, 1.54) is 24.4 Å². The maximum atomic E-state index is 12.4. The van der Waals surface area contributed by atoms with Crippen LogP contribution in [-0.2, 0) is 11.3 Å². The highest BCUT2D eigenvalue weighted by Crippen LogP contribution is 2.13. The van der Waals surface area contributed by atoms with E-state index >= 15 is 0 Å². The van der Waals surface area contributed by atoms with Crippen LogP contribution in [0.4, 0.5) is 11.5 Å². The summed E-state index contributed by atoms with van der Waals surface area (Å²) in [6.45, 7) is 2.71. The predicted octanol–water partition coefficient (Wildman–Crippen LogP) is 4.04. The Bertz CT molecular complexity index is 967. The number of esters is 1. The molecule has 0 unspecified atom stereocenters. The van der Waals surface area contributed by atoms with Crippen LogP contribution < -0.4 is 10.6 Å². The second-order valence-electron chi connectivity index (χ2n) is 6.30. The van der Waals surface area contributed by atoms with Gasteiger partial charge in [-0.2, -0.15) is 0 Å². The van der Waals surface area contributed by atoms with Crippen LogP contribution in [0.25, 0.3) is 0 Å². The van der Waals surface area contributed by atoms with Gasteiger partial charge in [-0.05, 0) is 48.9 Å². The van der Waals surface area contributed by atoms with Crippen molar-refractivity contribution in [3.05, 3.63) is 89.1 Å². The quantitative estimate of drug-likeness (QED) is 0.636. The summed E-state index contributed by atoms with van der Waals surface area (Å²) >= 11 is 0. The van der Waals surface area contributed by atoms with Crippen molar-refractivity contribution in [1.29, 1.82) is 0 Å². The highest BCUT2D eigenvalue weighted by atomic mass is 16.5. The molecule has 1 amide bonds. The summed E-state index contributed by atoms with van der Waals surface area (Å²) in [6.07, 6.45) is 1.52. The topological polar surface area (TPSA) is 80.3 Å². The molecule has 0 aliphatic heterocycles. The van der Waals surface area contributed by atoms with Gasteiger partial charge in [-0.25, -0.2) is 9.78 Å². The predicted molar refractivity (Wildman–Crippen MR) is 108 cm³/mol. The van der Waals surface area contributed by atoms with Crippen LogP contribution in [0, 0.1) is 6.92 Å². The van der Waals surface area contributed by atoms with Crippen LogP contribution in [0.5, 0.6) is 0 Å². The van der Waals surface area contributed by atoms with Crippen molar-refractivity contribution in [2.45, 2.75) is 13.5 Å². The average Bonchev–Trinajstić information content (AvgIpc) is 2.72. The Kier molecular flexibility index (Phi) is 6.01. The third-order valence-electron chi connectivity index (χ3n) is 4.15. The molecule has 0 fully saturated rings. The number of methoxy groups -OCH3 is 1. The number of hydrogen-bond donors (Lipinski definition) is 2. The molecule has 6 heteroatoms. The number of anilines is 2. The highest BCUT2D eigenvalue weighted by molar-refractivity contribution is 6.04. The van der Waals surface area contributed by atoms with Gasteiger partial charge in [0.15, 0.2) is 0 Å². The van der Waals surface area contributed by atoms with Crippen molar-refractivity contribution in [2.75, 3.05) is 17.7 Å². The summed E-state index contributed by atoms with van der Waals surface area (Å²) in [7, 11) is 1.32. The molecule has 0 bridgehead atoms. The summed E-state index contributed by atoms with van der Waals surface area (Å²) in [6, 6.07) is 18.2. The lowest BCUT2D eigenvalue weighted by Crippen LogP contribution is -2.13. The van der Waals surface area contributed by atoms with Gasteiger partial charge in [-0.1, -0.05) is 29.8 Å². The number of aryl methyl sites for hydroxylation is 1. The molecular formula is C22H21N3O3. The molecule has 28 heavy (non-hydrogen) atoms. The summed E-state index contributed by atoms with van der Waals surface area (Å²) < 4.78 is 4.65. The van der Waals surface area contributed by atoms with Crippen LogP contribution in [0.15, 0.2) is 66.9 Å². The fourth-order valence-corrected chi connectivity index (χ4v) is 2.66. The van der Waals surface area contributed by atoms with Gasteiger partial charge in [-0.15, -0.1) is 0 Å². The first kappa shape index (κ1) is 19.1. The van der Waals surface area contributed by atoms with Gasteiger partial charge >= 0.3 is 5.97 Å². The molecule has 0 aliphatic rings. The molecule has 1 aromatic heterocycles. The molecule has 0 atom stereocenters. The molecular weight excluding hydrogens is 354 g/mol. The second kappa shape index (κ2) is 8.81. The maximum absolute atomic E-state index is 12.4. The number of carbonyl (C=O) groups excluding carboxylic acids is 2. The molecule has 2 aromatic carbocycles. The van der Waals surface area contributed by atoms with E-state index in [0.29, 0.717) is 29.2 Å². The number of nitrogens with zero attached hydrogens (tertiary/aromatic N) is 1. The van der Waals surface area contributed by atoms with Gasteiger partial charge in [0, 0.05) is 18.4 Å². The number of nitrogens with one attached hydrogen (secondary N) is 2. The van der Waals surface area contributed by atoms with Crippen molar-refractivity contribution in [3.63, 3.8) is 0 Å². The van der Waals surface area contributed by atoms with Crippen LogP contribution in [0.3, 0.4) is 0 Å². The number of amides is 1. The number of benzene rings is 2. The zero-order valence-electron chi connectivity index (χ0n) is 15.7. The van der Waals surface area contributed by atoms with Crippen molar-refractivity contribution in [2.24, 2.45) is 0 Å². The average molecular weight is 375 g/mol. The molecule has 0 saturated carbocycles. The monoisotopic (exact) mass is 375 g/mol. The fraction of sp³-hybridized carbons (Fsp3) is 0.136. The van der Waals surface area contributed by atoms with Crippen LogP contribution in [0.2, 0.25) is 0 Å². The Hall–Kier alpha value is -3.67. The number of ether oxygens (including phenoxy) is 1. The van der Waals surface area contributed by atoms with E-state index in [0.717, 1.165) is 0 Å². The third-order valence-corrected chi connectivity index (χ3v) is 4.15. The lowest BCUT2D eigenvalue weighted by Gasteiger charge is -2.08. The second-order valence-corrected chi connectivity index (χ2v) is 6.30. The zero-order chi connectivity index (χ0) is 19.9. The van der Waals surface area contributed by atoms with Gasteiger partial charge in [0.2, 0.25) is 0 Å². The van der Waals surface area contributed by atoms with Gasteiger partial charge in [0.25, 0.3) is 5.91 Å². The Morgan fingerprint density at radius 1 is 1.00 bits per heavy atom. The van der Waals surface area contributed by atoms with E-state index in [4.69, 9.17) is 0 Å². The van der Waals surface area contributed by atoms with Crippen LogP contribution >= 0.6 is 0 Å². The summed E-state index contributed by atoms with van der Waals surface area (Å²) in [5.74, 6) is -0.000122. The lowest BCUT2D eigenvalue weighted by molar-refractivity contribution is 0.0600. The van der Waals surface area contributed by atoms with Gasteiger partial charge in [-0.3, -0.25) is 4.79 Å². The van der Waals surface area contributed by atoms with Gasteiger partial charge < -0.3 is 15.4 Å². The van der Waals surface area contributed by atoms with E-state index in [1.807, 2.05) is 12.1 Å². The zero-order valence-corrected chi connectivity index (χ0v) is 15.7. The Balaban J connectivity index is 1.58. The molecule has 3 aromatic rings. The standard InChI is InChI=1S/C22H21N3O3/c1-15-4-3-5-16(12-15)13-23-20-11-8-18(14-24-20)21(26)25-19-9-6-17(7-10-19)22(27)28-2/h3-12,14H,13H2,1-2H3,(H,23,24)(H,25,26). The normalized spacial score (nSPS) is 10.2. The number of rotatable bonds is 6. The molecule has 2 N–H and O–H groups in total. The number of aromatic nitrogens is 1. The SMILES string of the molecule is COC(=O)c1ccc(NC(=O)c2ccc(NCc3cccc(C)c3)nc2)cc1. The minimum Gasteiger partial charge on any atom is -0.465 e. The number of carbonyl (C=O) groups is 2. The molecule has 142 valence electrons. The van der Waals surface area contributed by atoms with E-state index in [1.54, 1.807) is 36.4 Å². The Morgan fingerprint density at radius 3 is 2.39 bits per heavy atom. The summed E-state index contributed by atoms with van der Waals surface area (Å²) in [5.41, 5.74) is 3.82. The maximum Gasteiger partial charge on any atom is 0.337 e. The molecule has 1 heterocycles. The Morgan fingerprint density at radius 2 is 1.75 bits per heavy atom. The van der Waals surface area contributed by atoms with Gasteiger partial charge in [0.1, 0.15) is 5.82 Å². The largest absolute Gasteiger partial charge is 0.465 e. The van der Waals surface area contributed by atoms with Crippen LogP contribution in [-0.4, -0.2) is 24.0 Å². The molecule has 0 spiro atoms. The van der Waals surface area contributed by atoms with Gasteiger partial charge in [0.05, 0.1) is 18.2 Å². The molecule has 3 rings (SSSR count). The van der Waals surface area contributed by atoms with Crippen molar-refractivity contribution >= 4 is 23.4 Å². The number of pyridine rings is 1. The van der Waals surface area contributed by atoms with E-state index < -0.39 is 5.97 Å². The van der Waals surface area contributed by atoms with Crippen molar-refractivity contribution in [3.8, 4) is 0 Å². The fourth-order valence-electron chi connectivity index (χ4n) is 2.66. The molecule has 6 nitrogen and oxygen atoms in total. The lowest BCUT2D eigenvalue weighted by atomic mass is 10.1. The summed E-state index contributed by atoms with van der Waals surface area (Å²) in [5, 5.41) is 6.01. The van der Waals surface area contributed by atoms with E-state index in [9.17, 15) is 9.59 Å². The van der Waals surface area contributed by atoms with Crippen LogP contribution in [0.1, 0.15) is 31.8 Å².